The maximum atomic E-state index is 12.9. The summed E-state index contributed by atoms with van der Waals surface area (Å²) in [5.41, 5.74) is 0.438. The predicted molar refractivity (Wildman–Crippen MR) is 123 cm³/mol. The van der Waals surface area contributed by atoms with Gasteiger partial charge in [-0.3, -0.25) is 9.59 Å². The summed E-state index contributed by atoms with van der Waals surface area (Å²) >= 11 is 1.70. The van der Waals surface area contributed by atoms with E-state index in [0.29, 0.717) is 25.8 Å². The van der Waals surface area contributed by atoms with Crippen LogP contribution >= 0.6 is 11.3 Å². The van der Waals surface area contributed by atoms with Gasteiger partial charge in [-0.15, -0.1) is 11.3 Å². The average molecular weight is 431 g/mol. The van der Waals surface area contributed by atoms with E-state index in [2.05, 4.69) is 22.8 Å². The van der Waals surface area contributed by atoms with Crippen LogP contribution in [0.4, 0.5) is 0 Å². The van der Waals surface area contributed by atoms with Gasteiger partial charge in [0.05, 0.1) is 5.60 Å². The van der Waals surface area contributed by atoms with Crippen molar-refractivity contribution in [1.82, 2.24) is 10.2 Å². The molecule has 164 valence electrons. The van der Waals surface area contributed by atoms with Crippen molar-refractivity contribution >= 4 is 33.2 Å². The summed E-state index contributed by atoms with van der Waals surface area (Å²) in [5, 5.41) is 17.1. The first-order valence-electron chi connectivity index (χ1n) is 11.0. The number of benzene rings is 1. The standard InChI is InChI=1S/C24H34N2O3S/c1-17-8-6-11-24(2,29)12-7-13-26(3)22(27)15-19(25-23(17)28)14-18-16-30-21-10-5-4-9-20(18)21/h4-5,9-10,16-17,19,29H,6-8,11-15H2,1-3H3,(H,25,28)/t17?,19-,24-/m0/s1. The van der Waals surface area contributed by atoms with E-state index in [0.717, 1.165) is 19.3 Å². The monoisotopic (exact) mass is 430 g/mol. The SMILES string of the molecule is CC1CCC[C@](C)(O)CCCN(C)C(=O)C[C@H](Cc2csc3ccccc23)NC1=O. The van der Waals surface area contributed by atoms with E-state index < -0.39 is 5.60 Å². The summed E-state index contributed by atoms with van der Waals surface area (Å²) in [5.74, 6) is -0.117. The number of thiophene rings is 1. The smallest absolute Gasteiger partial charge is 0.224 e. The van der Waals surface area contributed by atoms with E-state index in [1.54, 1.807) is 16.2 Å². The van der Waals surface area contributed by atoms with Crippen LogP contribution in [0.15, 0.2) is 29.6 Å². The third-order valence-corrected chi connectivity index (χ3v) is 7.24. The minimum Gasteiger partial charge on any atom is -0.390 e. The molecule has 1 aliphatic rings. The molecule has 6 heteroatoms. The molecule has 5 nitrogen and oxygen atoms in total. The Bertz CT molecular complexity index is 844. The number of aliphatic hydroxyl groups is 1. The third kappa shape index (κ3) is 6.05. The molecule has 1 aromatic heterocycles. The molecular formula is C24H34N2O3S. The Kier molecular flexibility index (Phi) is 7.53. The number of amides is 2. The first-order chi connectivity index (χ1) is 14.2. The quantitative estimate of drug-likeness (QED) is 0.753. The molecule has 30 heavy (non-hydrogen) atoms. The summed E-state index contributed by atoms with van der Waals surface area (Å²) in [7, 11) is 1.81. The first kappa shape index (κ1) is 22.8. The van der Waals surface area contributed by atoms with Crippen molar-refractivity contribution in [2.24, 2.45) is 5.92 Å². The van der Waals surface area contributed by atoms with Gasteiger partial charge in [0.25, 0.3) is 0 Å². The van der Waals surface area contributed by atoms with Crippen LogP contribution in [0.25, 0.3) is 10.1 Å². The van der Waals surface area contributed by atoms with Gasteiger partial charge in [0, 0.05) is 36.7 Å². The van der Waals surface area contributed by atoms with Crippen LogP contribution in [-0.2, 0) is 16.0 Å². The Morgan fingerprint density at radius 2 is 1.97 bits per heavy atom. The molecule has 0 radical (unpaired) electrons. The Labute approximate surface area is 183 Å². The number of fused-ring (bicyclic) bond motifs is 1. The van der Waals surface area contributed by atoms with Gasteiger partial charge in [-0.25, -0.2) is 0 Å². The van der Waals surface area contributed by atoms with Crippen LogP contribution in [0.3, 0.4) is 0 Å². The van der Waals surface area contributed by atoms with Gasteiger partial charge in [0.2, 0.25) is 11.8 Å². The second-order valence-corrected chi connectivity index (χ2v) is 9.99. The highest BCUT2D eigenvalue weighted by atomic mass is 32.1. The molecule has 0 saturated carbocycles. The highest BCUT2D eigenvalue weighted by Crippen LogP contribution is 2.27. The second kappa shape index (κ2) is 9.92. The van der Waals surface area contributed by atoms with Gasteiger partial charge in [0.15, 0.2) is 0 Å². The van der Waals surface area contributed by atoms with Gasteiger partial charge < -0.3 is 15.3 Å². The van der Waals surface area contributed by atoms with Crippen LogP contribution in [0.5, 0.6) is 0 Å². The zero-order valence-electron chi connectivity index (χ0n) is 18.3. The highest BCUT2D eigenvalue weighted by molar-refractivity contribution is 7.17. The van der Waals surface area contributed by atoms with Crippen LogP contribution in [0, 0.1) is 5.92 Å². The molecule has 1 unspecified atom stereocenters. The summed E-state index contributed by atoms with van der Waals surface area (Å²) in [6.45, 7) is 4.40. The largest absolute Gasteiger partial charge is 0.390 e. The molecule has 3 atom stereocenters. The fourth-order valence-corrected chi connectivity index (χ4v) is 5.18. The average Bonchev–Trinajstić information content (AvgIpc) is 3.09. The summed E-state index contributed by atoms with van der Waals surface area (Å²) in [6.07, 6.45) is 4.60. The van der Waals surface area contributed by atoms with Crippen molar-refractivity contribution in [3.8, 4) is 0 Å². The van der Waals surface area contributed by atoms with E-state index in [-0.39, 0.29) is 30.2 Å². The van der Waals surface area contributed by atoms with Gasteiger partial charge >= 0.3 is 0 Å². The first-order valence-corrected chi connectivity index (χ1v) is 11.8. The number of hydrogen-bond donors (Lipinski definition) is 2. The van der Waals surface area contributed by atoms with Gasteiger partial charge in [-0.1, -0.05) is 25.1 Å². The van der Waals surface area contributed by atoms with Crippen molar-refractivity contribution in [3.63, 3.8) is 0 Å². The van der Waals surface area contributed by atoms with E-state index in [1.807, 2.05) is 33.0 Å². The molecule has 0 spiro atoms. The molecule has 1 aliphatic heterocycles. The minimum absolute atomic E-state index is 0.00769. The Morgan fingerprint density at radius 1 is 1.23 bits per heavy atom. The Morgan fingerprint density at radius 3 is 2.77 bits per heavy atom. The van der Waals surface area contributed by atoms with Crippen molar-refractivity contribution in [2.45, 2.75) is 70.4 Å². The molecule has 2 heterocycles. The lowest BCUT2D eigenvalue weighted by Gasteiger charge is -2.28. The molecule has 0 bridgehead atoms. The third-order valence-electron chi connectivity index (χ3n) is 6.23. The highest BCUT2D eigenvalue weighted by Gasteiger charge is 2.26. The van der Waals surface area contributed by atoms with Gasteiger partial charge in [0.1, 0.15) is 0 Å². The number of nitrogens with one attached hydrogen (secondary N) is 1. The van der Waals surface area contributed by atoms with Crippen LogP contribution in [0.1, 0.15) is 57.9 Å². The molecule has 1 saturated heterocycles. The van der Waals surface area contributed by atoms with Gasteiger partial charge in [-0.2, -0.15) is 0 Å². The number of nitrogens with zero attached hydrogens (tertiary/aromatic N) is 1. The molecule has 2 amide bonds. The number of carbonyl (C=O) groups is 2. The van der Waals surface area contributed by atoms with E-state index in [1.165, 1.54) is 15.6 Å². The molecule has 1 aromatic carbocycles. The normalized spacial score (nSPS) is 27.7. The van der Waals surface area contributed by atoms with E-state index >= 15 is 0 Å². The Hall–Kier alpha value is -1.92. The minimum atomic E-state index is -0.743. The summed E-state index contributed by atoms with van der Waals surface area (Å²) in [6, 6.07) is 8.04. The maximum Gasteiger partial charge on any atom is 0.224 e. The lowest BCUT2D eigenvalue weighted by Crippen LogP contribution is -2.43. The topological polar surface area (TPSA) is 69.6 Å². The molecule has 2 aromatic rings. The van der Waals surface area contributed by atoms with Crippen LogP contribution < -0.4 is 5.32 Å². The Balaban J connectivity index is 1.77. The van der Waals surface area contributed by atoms with E-state index in [9.17, 15) is 14.7 Å². The maximum absolute atomic E-state index is 12.9. The molecule has 2 N–H and O–H groups in total. The lowest BCUT2D eigenvalue weighted by atomic mass is 9.90. The second-order valence-electron chi connectivity index (χ2n) is 9.08. The van der Waals surface area contributed by atoms with Crippen molar-refractivity contribution in [2.75, 3.05) is 13.6 Å². The van der Waals surface area contributed by atoms with Crippen molar-refractivity contribution < 1.29 is 14.7 Å². The van der Waals surface area contributed by atoms with Crippen LogP contribution in [0.2, 0.25) is 0 Å². The number of rotatable bonds is 2. The summed E-state index contributed by atoms with van der Waals surface area (Å²) < 4.78 is 1.23. The number of carbonyl (C=O) groups excluding carboxylic acids is 2. The molecule has 3 rings (SSSR count). The summed E-state index contributed by atoms with van der Waals surface area (Å²) in [4.78, 5) is 27.4. The van der Waals surface area contributed by atoms with Gasteiger partial charge in [-0.05, 0) is 67.8 Å². The zero-order valence-corrected chi connectivity index (χ0v) is 19.1. The zero-order chi connectivity index (χ0) is 21.7. The fourth-order valence-electron chi connectivity index (χ4n) is 4.21. The van der Waals surface area contributed by atoms with Crippen molar-refractivity contribution in [3.05, 3.63) is 35.2 Å². The molecule has 1 fully saturated rings. The number of hydrogen-bond acceptors (Lipinski definition) is 4. The lowest BCUT2D eigenvalue weighted by molar-refractivity contribution is -0.131. The van der Waals surface area contributed by atoms with Crippen LogP contribution in [-0.4, -0.2) is 47.1 Å². The van der Waals surface area contributed by atoms with Crippen molar-refractivity contribution in [1.29, 1.82) is 0 Å². The fraction of sp³-hybridized carbons (Fsp3) is 0.583. The van der Waals surface area contributed by atoms with E-state index in [4.69, 9.17) is 0 Å². The molecular weight excluding hydrogens is 396 g/mol. The molecule has 0 aliphatic carbocycles. The predicted octanol–water partition coefficient (Wildman–Crippen LogP) is 4.13.